The van der Waals surface area contributed by atoms with E-state index in [1.165, 1.54) is 24.1 Å². The molecule has 1 aliphatic rings. The lowest BCUT2D eigenvalue weighted by atomic mass is 10.1. The van der Waals surface area contributed by atoms with Crippen molar-refractivity contribution < 1.29 is 0 Å². The predicted molar refractivity (Wildman–Crippen MR) is 128 cm³/mol. The summed E-state index contributed by atoms with van der Waals surface area (Å²) < 4.78 is 2.05. The largest absolute Gasteiger partial charge is 0.372 e. The Morgan fingerprint density at radius 3 is 2.89 bits per heavy atom. The molecule has 6 nitrogen and oxygen atoms in total. The Bertz CT molecular complexity index is 899. The number of guanidine groups is 1. The maximum Gasteiger partial charge on any atom is 0.193 e. The zero-order valence-corrected chi connectivity index (χ0v) is 19.4. The van der Waals surface area contributed by atoms with Crippen molar-refractivity contribution in [1.29, 1.82) is 0 Å². The Morgan fingerprint density at radius 1 is 1.32 bits per heavy atom. The molecule has 0 aliphatic carbocycles. The molecule has 4 rings (SSSR count). The van der Waals surface area contributed by atoms with E-state index in [0.29, 0.717) is 6.54 Å². The van der Waals surface area contributed by atoms with Gasteiger partial charge in [-0.15, -0.1) is 35.3 Å². The van der Waals surface area contributed by atoms with Crippen molar-refractivity contribution in [3.05, 3.63) is 53.3 Å². The van der Waals surface area contributed by atoms with Gasteiger partial charge in [0.15, 0.2) is 10.9 Å². The van der Waals surface area contributed by atoms with Crippen molar-refractivity contribution in [3.8, 4) is 0 Å². The minimum atomic E-state index is 0. The van der Waals surface area contributed by atoms with E-state index in [2.05, 4.69) is 62.9 Å². The molecule has 2 aromatic heterocycles. The van der Waals surface area contributed by atoms with Crippen LogP contribution in [0, 0.1) is 0 Å². The number of hydrogen-bond donors (Lipinski definition) is 2. The van der Waals surface area contributed by atoms with E-state index in [1.54, 1.807) is 18.4 Å². The second kappa shape index (κ2) is 9.60. The van der Waals surface area contributed by atoms with Crippen molar-refractivity contribution >= 4 is 51.9 Å². The van der Waals surface area contributed by atoms with E-state index in [9.17, 15) is 0 Å². The van der Waals surface area contributed by atoms with Gasteiger partial charge < -0.3 is 15.5 Å². The average Bonchev–Trinajstić information content (AvgIpc) is 3.42. The molecule has 3 heterocycles. The standard InChI is InChI=1S/C20H26N6S.HI/c1-15(16-6-5-7-18(12-16)25-8-3-4-9-25)23-19(21-2)22-13-17-14-26-10-11-27-20(26)24-17;/h5-7,10-12,14-15H,3-4,8-9,13H2,1-2H3,(H2,21,22,23);1H. The summed E-state index contributed by atoms with van der Waals surface area (Å²) in [5.74, 6) is 0.783. The summed E-state index contributed by atoms with van der Waals surface area (Å²) in [7, 11) is 1.80. The lowest BCUT2D eigenvalue weighted by Gasteiger charge is -2.22. The second-order valence-electron chi connectivity index (χ2n) is 6.91. The Hall–Kier alpha value is -1.81. The van der Waals surface area contributed by atoms with Crippen molar-refractivity contribution in [2.75, 3.05) is 25.0 Å². The van der Waals surface area contributed by atoms with Gasteiger partial charge in [-0.1, -0.05) is 12.1 Å². The Morgan fingerprint density at radius 2 is 2.14 bits per heavy atom. The van der Waals surface area contributed by atoms with Crippen molar-refractivity contribution in [3.63, 3.8) is 0 Å². The molecule has 28 heavy (non-hydrogen) atoms. The highest BCUT2D eigenvalue weighted by molar-refractivity contribution is 14.0. The van der Waals surface area contributed by atoms with Gasteiger partial charge in [0.05, 0.1) is 18.3 Å². The fourth-order valence-corrected chi connectivity index (χ4v) is 4.20. The second-order valence-corrected chi connectivity index (χ2v) is 7.78. The van der Waals surface area contributed by atoms with Crippen LogP contribution in [0.5, 0.6) is 0 Å². The average molecular weight is 510 g/mol. The molecule has 0 bridgehead atoms. The normalized spacial score (nSPS) is 15.5. The minimum Gasteiger partial charge on any atom is -0.372 e. The van der Waals surface area contributed by atoms with Gasteiger partial charge in [-0.25, -0.2) is 4.98 Å². The van der Waals surface area contributed by atoms with Gasteiger partial charge in [0, 0.05) is 43.6 Å². The SMILES string of the molecule is CN=C(NCc1cn2ccsc2n1)NC(C)c1cccc(N2CCCC2)c1.I. The van der Waals surface area contributed by atoms with Crippen molar-refractivity contribution in [2.24, 2.45) is 4.99 Å². The lowest BCUT2D eigenvalue weighted by molar-refractivity contribution is 0.683. The molecule has 8 heteroatoms. The number of anilines is 1. The fourth-order valence-electron chi connectivity index (χ4n) is 3.48. The summed E-state index contributed by atoms with van der Waals surface area (Å²) in [5.41, 5.74) is 3.60. The highest BCUT2D eigenvalue weighted by Crippen LogP contribution is 2.24. The molecule has 1 saturated heterocycles. The number of rotatable bonds is 5. The molecule has 1 aliphatic heterocycles. The van der Waals surface area contributed by atoms with Gasteiger partial charge in [0.25, 0.3) is 0 Å². The molecule has 1 unspecified atom stereocenters. The fraction of sp³-hybridized carbons (Fsp3) is 0.400. The molecular weight excluding hydrogens is 483 g/mol. The van der Waals surface area contributed by atoms with Gasteiger partial charge in [-0.3, -0.25) is 9.39 Å². The van der Waals surface area contributed by atoms with Crippen LogP contribution in [0.15, 0.2) is 47.0 Å². The number of hydrogen-bond acceptors (Lipinski definition) is 4. The van der Waals surface area contributed by atoms with Crippen LogP contribution in [0.2, 0.25) is 0 Å². The zero-order chi connectivity index (χ0) is 18.6. The molecule has 3 aromatic rings. The Balaban J connectivity index is 0.00000225. The summed E-state index contributed by atoms with van der Waals surface area (Å²) in [5, 5.41) is 8.89. The van der Waals surface area contributed by atoms with Gasteiger partial charge >= 0.3 is 0 Å². The first-order valence-electron chi connectivity index (χ1n) is 9.46. The van der Waals surface area contributed by atoms with Gasteiger partial charge in [0.2, 0.25) is 0 Å². The number of fused-ring (bicyclic) bond motifs is 1. The summed E-state index contributed by atoms with van der Waals surface area (Å²) in [4.78, 5) is 12.4. The van der Waals surface area contributed by atoms with Crippen LogP contribution in [-0.2, 0) is 6.54 Å². The quantitative estimate of drug-likeness (QED) is 0.309. The Kier molecular flexibility index (Phi) is 7.17. The number of aliphatic imine (C=N–C) groups is 1. The smallest absolute Gasteiger partial charge is 0.193 e. The first-order chi connectivity index (χ1) is 13.2. The summed E-state index contributed by atoms with van der Waals surface area (Å²) in [6.45, 7) is 5.14. The molecule has 2 N–H and O–H groups in total. The van der Waals surface area contributed by atoms with Crippen LogP contribution >= 0.6 is 35.3 Å². The zero-order valence-electron chi connectivity index (χ0n) is 16.3. The molecule has 0 spiro atoms. The highest BCUT2D eigenvalue weighted by atomic mass is 127. The topological polar surface area (TPSA) is 57.0 Å². The van der Waals surface area contributed by atoms with E-state index in [0.717, 1.165) is 29.7 Å². The van der Waals surface area contributed by atoms with Crippen molar-refractivity contribution in [1.82, 2.24) is 20.0 Å². The monoisotopic (exact) mass is 510 g/mol. The van der Waals surface area contributed by atoms with E-state index in [4.69, 9.17) is 0 Å². The molecule has 1 aromatic carbocycles. The number of nitrogens with zero attached hydrogens (tertiary/aromatic N) is 4. The molecule has 0 radical (unpaired) electrons. The van der Waals surface area contributed by atoms with Gasteiger partial charge in [-0.05, 0) is 37.5 Å². The van der Waals surface area contributed by atoms with Crippen LogP contribution in [0.1, 0.15) is 37.1 Å². The molecule has 0 saturated carbocycles. The van der Waals surface area contributed by atoms with E-state index >= 15 is 0 Å². The lowest BCUT2D eigenvalue weighted by Crippen LogP contribution is -2.38. The Labute approximate surface area is 187 Å². The predicted octanol–water partition coefficient (Wildman–Crippen LogP) is 4.04. The maximum atomic E-state index is 4.60. The molecule has 1 atom stereocenters. The van der Waals surface area contributed by atoms with E-state index < -0.39 is 0 Å². The molecule has 150 valence electrons. The summed E-state index contributed by atoms with van der Waals surface area (Å²) >= 11 is 1.64. The third-order valence-electron chi connectivity index (χ3n) is 5.00. The summed E-state index contributed by atoms with van der Waals surface area (Å²) in [6, 6.07) is 8.99. The summed E-state index contributed by atoms with van der Waals surface area (Å²) in [6.07, 6.45) is 6.66. The number of halogens is 1. The number of aromatic nitrogens is 2. The highest BCUT2D eigenvalue weighted by Gasteiger charge is 2.14. The maximum absolute atomic E-state index is 4.60. The van der Waals surface area contributed by atoms with E-state index in [-0.39, 0.29) is 30.0 Å². The first kappa shape index (κ1) is 20.9. The van der Waals surface area contributed by atoms with Crippen LogP contribution in [0.3, 0.4) is 0 Å². The van der Waals surface area contributed by atoms with Crippen LogP contribution < -0.4 is 15.5 Å². The number of imidazole rings is 1. The first-order valence-corrected chi connectivity index (χ1v) is 10.3. The molecule has 0 amide bonds. The van der Waals surface area contributed by atoms with Crippen molar-refractivity contribution in [2.45, 2.75) is 32.4 Å². The van der Waals surface area contributed by atoms with Gasteiger partial charge in [0.1, 0.15) is 0 Å². The number of nitrogens with one attached hydrogen (secondary N) is 2. The third-order valence-corrected chi connectivity index (χ3v) is 5.77. The van der Waals surface area contributed by atoms with Crippen LogP contribution in [-0.4, -0.2) is 35.5 Å². The van der Waals surface area contributed by atoms with Gasteiger partial charge in [-0.2, -0.15) is 0 Å². The molecular formula is C20H27IN6S. The van der Waals surface area contributed by atoms with Crippen LogP contribution in [0.4, 0.5) is 5.69 Å². The minimum absolute atomic E-state index is 0. The molecule has 1 fully saturated rings. The van der Waals surface area contributed by atoms with E-state index in [1.807, 2.05) is 16.0 Å². The number of thiazole rings is 1. The third kappa shape index (κ3) is 4.78. The number of benzene rings is 1. The van der Waals surface area contributed by atoms with Crippen LogP contribution in [0.25, 0.3) is 4.96 Å².